The van der Waals surface area contributed by atoms with E-state index in [1.54, 1.807) is 24.4 Å². The van der Waals surface area contributed by atoms with E-state index >= 15 is 0 Å². The van der Waals surface area contributed by atoms with Crippen molar-refractivity contribution < 1.29 is 9.90 Å². The van der Waals surface area contributed by atoms with Gasteiger partial charge in [0, 0.05) is 18.3 Å². The van der Waals surface area contributed by atoms with Crippen LogP contribution < -0.4 is 5.73 Å². The van der Waals surface area contributed by atoms with E-state index in [1.165, 1.54) is 0 Å². The zero-order valence-electron chi connectivity index (χ0n) is 6.47. The van der Waals surface area contributed by atoms with Gasteiger partial charge in [-0.05, 0) is 12.1 Å². The minimum absolute atomic E-state index is 0.274. The first-order valence-electron chi connectivity index (χ1n) is 3.58. The zero-order chi connectivity index (χ0) is 8.97. The number of carbonyl (C=O) groups is 1. The topological polar surface area (TPSA) is 76.2 Å². The SMILES string of the molecule is NC(Cc1ccccn1)C(=O)O. The number of rotatable bonds is 3. The van der Waals surface area contributed by atoms with Crippen molar-refractivity contribution in [3.05, 3.63) is 30.1 Å². The fourth-order valence-electron chi connectivity index (χ4n) is 0.831. The molecule has 0 amide bonds. The number of nitrogens with zero attached hydrogens (tertiary/aromatic N) is 1. The second-order valence-electron chi connectivity index (χ2n) is 2.47. The summed E-state index contributed by atoms with van der Waals surface area (Å²) in [6.07, 6.45) is 1.89. The van der Waals surface area contributed by atoms with Gasteiger partial charge in [-0.3, -0.25) is 9.78 Å². The third-order valence-corrected chi connectivity index (χ3v) is 1.47. The monoisotopic (exact) mass is 166 g/mol. The molecule has 4 heteroatoms. The van der Waals surface area contributed by atoms with E-state index < -0.39 is 12.0 Å². The lowest BCUT2D eigenvalue weighted by Gasteiger charge is -2.03. The van der Waals surface area contributed by atoms with E-state index in [0.29, 0.717) is 5.69 Å². The van der Waals surface area contributed by atoms with Crippen molar-refractivity contribution in [3.8, 4) is 0 Å². The molecule has 0 saturated heterocycles. The molecule has 0 spiro atoms. The quantitative estimate of drug-likeness (QED) is 0.664. The summed E-state index contributed by atoms with van der Waals surface area (Å²) in [6.45, 7) is 0. The van der Waals surface area contributed by atoms with Gasteiger partial charge in [0.15, 0.2) is 0 Å². The van der Waals surface area contributed by atoms with Crippen LogP contribution in [0.1, 0.15) is 5.69 Å². The highest BCUT2D eigenvalue weighted by molar-refractivity contribution is 5.73. The Morgan fingerprint density at radius 2 is 2.42 bits per heavy atom. The van der Waals surface area contributed by atoms with E-state index in [-0.39, 0.29) is 6.42 Å². The van der Waals surface area contributed by atoms with Gasteiger partial charge in [0.2, 0.25) is 0 Å². The van der Waals surface area contributed by atoms with Crippen molar-refractivity contribution >= 4 is 5.97 Å². The summed E-state index contributed by atoms with van der Waals surface area (Å²) in [4.78, 5) is 14.3. The maximum Gasteiger partial charge on any atom is 0.320 e. The van der Waals surface area contributed by atoms with Gasteiger partial charge < -0.3 is 10.8 Å². The summed E-state index contributed by atoms with van der Waals surface area (Å²) in [5, 5.41) is 8.49. The van der Waals surface area contributed by atoms with Gasteiger partial charge in [-0.25, -0.2) is 0 Å². The predicted molar refractivity (Wildman–Crippen MR) is 43.6 cm³/mol. The van der Waals surface area contributed by atoms with Crippen LogP contribution >= 0.6 is 0 Å². The van der Waals surface area contributed by atoms with E-state index in [0.717, 1.165) is 0 Å². The molecular formula is C8H10N2O2. The zero-order valence-corrected chi connectivity index (χ0v) is 6.47. The number of aliphatic carboxylic acids is 1. The first-order chi connectivity index (χ1) is 5.70. The summed E-state index contributed by atoms with van der Waals surface area (Å²) in [7, 11) is 0. The molecule has 0 fully saturated rings. The average Bonchev–Trinajstić information content (AvgIpc) is 2.06. The largest absolute Gasteiger partial charge is 0.480 e. The lowest BCUT2D eigenvalue weighted by atomic mass is 10.1. The number of hydrogen-bond acceptors (Lipinski definition) is 3. The molecule has 64 valence electrons. The summed E-state index contributed by atoms with van der Waals surface area (Å²) in [5.41, 5.74) is 6.01. The van der Waals surface area contributed by atoms with Crippen LogP contribution in [0.25, 0.3) is 0 Å². The van der Waals surface area contributed by atoms with Crippen LogP contribution in [0.3, 0.4) is 0 Å². The van der Waals surface area contributed by atoms with Gasteiger partial charge in [0.1, 0.15) is 6.04 Å². The average molecular weight is 166 g/mol. The van der Waals surface area contributed by atoms with E-state index in [1.807, 2.05) is 0 Å². The minimum Gasteiger partial charge on any atom is -0.480 e. The molecule has 0 aromatic carbocycles. The molecule has 0 bridgehead atoms. The third kappa shape index (κ3) is 2.32. The summed E-state index contributed by atoms with van der Waals surface area (Å²) >= 11 is 0. The summed E-state index contributed by atoms with van der Waals surface area (Å²) < 4.78 is 0. The lowest BCUT2D eigenvalue weighted by Crippen LogP contribution is -2.32. The van der Waals surface area contributed by atoms with Crippen LogP contribution in [-0.2, 0) is 11.2 Å². The highest BCUT2D eigenvalue weighted by Crippen LogP contribution is 1.97. The van der Waals surface area contributed by atoms with Crippen molar-refractivity contribution in [3.63, 3.8) is 0 Å². The first-order valence-corrected chi connectivity index (χ1v) is 3.58. The fourth-order valence-corrected chi connectivity index (χ4v) is 0.831. The molecule has 4 nitrogen and oxygen atoms in total. The predicted octanol–water partition coefficient (Wildman–Crippen LogP) is 0.0360. The van der Waals surface area contributed by atoms with E-state index in [2.05, 4.69) is 4.98 Å². The van der Waals surface area contributed by atoms with Crippen molar-refractivity contribution in [1.29, 1.82) is 0 Å². The van der Waals surface area contributed by atoms with E-state index in [9.17, 15) is 4.79 Å². The van der Waals surface area contributed by atoms with Gasteiger partial charge >= 0.3 is 5.97 Å². The Morgan fingerprint density at radius 3 is 2.92 bits per heavy atom. The second kappa shape index (κ2) is 3.82. The molecule has 1 rings (SSSR count). The Kier molecular flexibility index (Phi) is 2.76. The Hall–Kier alpha value is -1.42. The fraction of sp³-hybridized carbons (Fsp3) is 0.250. The molecule has 0 aliphatic heterocycles. The molecule has 1 atom stereocenters. The molecule has 1 unspecified atom stereocenters. The standard InChI is InChI=1S/C8H10N2O2/c9-7(8(11)12)5-6-3-1-2-4-10-6/h1-4,7H,5,9H2,(H,11,12). The molecule has 1 heterocycles. The molecule has 0 aliphatic carbocycles. The normalized spacial score (nSPS) is 12.4. The smallest absolute Gasteiger partial charge is 0.320 e. The van der Waals surface area contributed by atoms with Crippen LogP contribution in [-0.4, -0.2) is 22.1 Å². The number of pyridine rings is 1. The number of aromatic nitrogens is 1. The number of carboxylic acids is 1. The number of carboxylic acid groups (broad SMARTS) is 1. The second-order valence-corrected chi connectivity index (χ2v) is 2.47. The maximum absolute atomic E-state index is 10.4. The van der Waals surface area contributed by atoms with Gasteiger partial charge in [-0.1, -0.05) is 6.07 Å². The molecule has 12 heavy (non-hydrogen) atoms. The van der Waals surface area contributed by atoms with Crippen LogP contribution in [0.4, 0.5) is 0 Å². The molecule has 1 aromatic heterocycles. The number of hydrogen-bond donors (Lipinski definition) is 2. The van der Waals surface area contributed by atoms with Crippen molar-refractivity contribution in [2.45, 2.75) is 12.5 Å². The molecular weight excluding hydrogens is 156 g/mol. The highest BCUT2D eigenvalue weighted by Gasteiger charge is 2.11. The van der Waals surface area contributed by atoms with Crippen LogP contribution in [0.15, 0.2) is 24.4 Å². The molecule has 0 radical (unpaired) electrons. The summed E-state index contributed by atoms with van der Waals surface area (Å²) in [5.74, 6) is -0.999. The Balaban J connectivity index is 2.58. The molecule has 3 N–H and O–H groups in total. The van der Waals surface area contributed by atoms with Gasteiger partial charge in [0.25, 0.3) is 0 Å². The van der Waals surface area contributed by atoms with Gasteiger partial charge in [-0.15, -0.1) is 0 Å². The van der Waals surface area contributed by atoms with E-state index in [4.69, 9.17) is 10.8 Å². The highest BCUT2D eigenvalue weighted by atomic mass is 16.4. The maximum atomic E-state index is 10.4. The Bertz CT molecular complexity index is 261. The third-order valence-electron chi connectivity index (χ3n) is 1.47. The molecule has 0 saturated carbocycles. The van der Waals surface area contributed by atoms with Crippen molar-refractivity contribution in [2.75, 3.05) is 0 Å². The van der Waals surface area contributed by atoms with Crippen molar-refractivity contribution in [2.24, 2.45) is 5.73 Å². The Labute approximate surface area is 70.0 Å². The van der Waals surface area contributed by atoms with Gasteiger partial charge in [-0.2, -0.15) is 0 Å². The van der Waals surface area contributed by atoms with Gasteiger partial charge in [0.05, 0.1) is 0 Å². The molecule has 0 aliphatic rings. The molecule has 1 aromatic rings. The first kappa shape index (κ1) is 8.67. The van der Waals surface area contributed by atoms with Crippen LogP contribution in [0, 0.1) is 0 Å². The van der Waals surface area contributed by atoms with Crippen LogP contribution in [0.5, 0.6) is 0 Å². The van der Waals surface area contributed by atoms with Crippen LogP contribution in [0.2, 0.25) is 0 Å². The number of nitrogens with two attached hydrogens (primary N) is 1. The van der Waals surface area contributed by atoms with Crippen molar-refractivity contribution in [1.82, 2.24) is 4.98 Å². The lowest BCUT2D eigenvalue weighted by molar-refractivity contribution is -0.138. The minimum atomic E-state index is -0.999. The summed E-state index contributed by atoms with van der Waals surface area (Å²) in [6, 6.07) is 4.47. The Morgan fingerprint density at radius 1 is 1.67 bits per heavy atom.